The molecule has 21 heavy (non-hydrogen) atoms. The number of rotatable bonds is 5. The fraction of sp³-hybridized carbons (Fsp3) is 0.500. The number of sulfonamides is 1. The Morgan fingerprint density at radius 1 is 1.19 bits per heavy atom. The van der Waals surface area contributed by atoms with Crippen molar-refractivity contribution in [2.75, 3.05) is 14.2 Å². The van der Waals surface area contributed by atoms with E-state index in [0.717, 1.165) is 20.0 Å². The number of ether oxygens (including phenoxy) is 2. The Morgan fingerprint density at radius 2 is 1.76 bits per heavy atom. The van der Waals surface area contributed by atoms with Crippen LogP contribution < -0.4 is 4.72 Å². The molecule has 1 fully saturated rings. The van der Waals surface area contributed by atoms with E-state index in [1.165, 1.54) is 14.0 Å². The predicted octanol–water partition coefficient (Wildman–Crippen LogP) is 1.07. The zero-order valence-electron chi connectivity index (χ0n) is 11.8. The van der Waals surface area contributed by atoms with Crippen LogP contribution in [0.1, 0.15) is 38.4 Å². The van der Waals surface area contributed by atoms with Gasteiger partial charge in [-0.05, 0) is 25.3 Å². The lowest BCUT2D eigenvalue weighted by Gasteiger charge is -2.05. The van der Waals surface area contributed by atoms with E-state index in [1.54, 1.807) is 0 Å². The maximum atomic E-state index is 12.3. The van der Waals surface area contributed by atoms with Gasteiger partial charge in [-0.1, -0.05) is 0 Å². The van der Waals surface area contributed by atoms with Gasteiger partial charge in [-0.3, -0.25) is 0 Å². The Morgan fingerprint density at radius 3 is 2.24 bits per heavy atom. The second kappa shape index (κ2) is 5.74. The highest BCUT2D eigenvalue weighted by Crippen LogP contribution is 2.34. The molecule has 1 aromatic rings. The molecule has 0 amide bonds. The molecule has 116 valence electrons. The van der Waals surface area contributed by atoms with Crippen LogP contribution in [0.15, 0.2) is 4.21 Å². The third-order valence-electron chi connectivity index (χ3n) is 3.02. The molecule has 0 aliphatic heterocycles. The molecule has 7 nitrogen and oxygen atoms in total. The topological polar surface area (TPSA) is 98.8 Å². The number of nitrogens with one attached hydrogen (secondary N) is 1. The minimum Gasteiger partial charge on any atom is -0.465 e. The first-order valence-corrected chi connectivity index (χ1v) is 8.44. The molecular weight excluding hydrogens is 318 g/mol. The van der Waals surface area contributed by atoms with Crippen molar-refractivity contribution >= 4 is 33.3 Å². The Labute approximate surface area is 126 Å². The monoisotopic (exact) mass is 333 g/mol. The minimum atomic E-state index is -3.87. The Kier molecular flexibility index (Phi) is 4.35. The summed E-state index contributed by atoms with van der Waals surface area (Å²) in [4.78, 5) is 23.6. The summed E-state index contributed by atoms with van der Waals surface area (Å²) in [6, 6.07) is -0.107. The molecule has 1 N–H and O–H groups in total. The van der Waals surface area contributed by atoms with Crippen LogP contribution in [0.3, 0.4) is 0 Å². The van der Waals surface area contributed by atoms with E-state index in [4.69, 9.17) is 0 Å². The van der Waals surface area contributed by atoms with Crippen LogP contribution in [0.2, 0.25) is 0 Å². The number of hydrogen-bond acceptors (Lipinski definition) is 7. The summed E-state index contributed by atoms with van der Waals surface area (Å²) < 4.78 is 36.2. The van der Waals surface area contributed by atoms with E-state index in [0.29, 0.717) is 11.3 Å². The lowest BCUT2D eigenvalue weighted by atomic mass is 10.2. The normalized spacial score (nSPS) is 14.8. The van der Waals surface area contributed by atoms with Crippen LogP contribution in [-0.2, 0) is 19.5 Å². The van der Waals surface area contributed by atoms with Gasteiger partial charge in [0.25, 0.3) is 10.0 Å². The Hall–Kier alpha value is -1.45. The van der Waals surface area contributed by atoms with Gasteiger partial charge >= 0.3 is 11.9 Å². The number of esters is 2. The molecule has 0 radical (unpaired) electrons. The van der Waals surface area contributed by atoms with E-state index in [1.807, 2.05) is 0 Å². The summed E-state index contributed by atoms with van der Waals surface area (Å²) in [5.74, 6) is -1.48. The van der Waals surface area contributed by atoms with Crippen molar-refractivity contribution in [3.8, 4) is 0 Å². The van der Waals surface area contributed by atoms with E-state index >= 15 is 0 Å². The van der Waals surface area contributed by atoms with Gasteiger partial charge in [0.15, 0.2) is 4.21 Å². The molecule has 0 saturated heterocycles. The Bertz CT molecular complexity index is 687. The van der Waals surface area contributed by atoms with E-state index in [9.17, 15) is 18.0 Å². The van der Waals surface area contributed by atoms with Crippen LogP contribution in [0.5, 0.6) is 0 Å². The summed E-state index contributed by atoms with van der Waals surface area (Å²) in [7, 11) is -1.52. The van der Waals surface area contributed by atoms with Crippen LogP contribution in [-0.4, -0.2) is 40.6 Å². The quantitative estimate of drug-likeness (QED) is 0.809. The van der Waals surface area contributed by atoms with Crippen LogP contribution in [0.25, 0.3) is 0 Å². The van der Waals surface area contributed by atoms with Crippen molar-refractivity contribution < 1.29 is 27.5 Å². The highest BCUT2D eigenvalue weighted by molar-refractivity contribution is 7.91. The Balaban J connectivity index is 2.57. The number of methoxy groups -OCH3 is 2. The first-order chi connectivity index (χ1) is 9.81. The van der Waals surface area contributed by atoms with Crippen LogP contribution in [0.4, 0.5) is 0 Å². The van der Waals surface area contributed by atoms with Crippen LogP contribution in [0, 0.1) is 6.92 Å². The van der Waals surface area contributed by atoms with Gasteiger partial charge in [0.2, 0.25) is 0 Å². The fourth-order valence-electron chi connectivity index (χ4n) is 1.78. The van der Waals surface area contributed by atoms with Gasteiger partial charge in [-0.15, -0.1) is 11.3 Å². The van der Waals surface area contributed by atoms with Gasteiger partial charge < -0.3 is 9.47 Å². The summed E-state index contributed by atoms with van der Waals surface area (Å²) in [5.41, 5.74) is 0.130. The molecule has 2 rings (SSSR count). The van der Waals surface area contributed by atoms with Gasteiger partial charge in [0.1, 0.15) is 4.88 Å². The summed E-state index contributed by atoms with van der Waals surface area (Å²) in [6.07, 6.45) is 1.53. The number of hydrogen-bond donors (Lipinski definition) is 1. The zero-order chi connectivity index (χ0) is 15.8. The molecule has 9 heteroatoms. The highest BCUT2D eigenvalue weighted by atomic mass is 32.2. The molecule has 1 saturated carbocycles. The summed E-state index contributed by atoms with van der Waals surface area (Å²) in [6.45, 7) is 1.49. The lowest BCUT2D eigenvalue weighted by molar-refractivity contribution is 0.0596. The maximum absolute atomic E-state index is 12.3. The second-order valence-electron chi connectivity index (χ2n) is 4.60. The average Bonchev–Trinajstić information content (AvgIpc) is 3.16. The number of carbonyl (C=O) groups is 2. The first kappa shape index (κ1) is 15.9. The molecule has 1 aliphatic carbocycles. The summed E-state index contributed by atoms with van der Waals surface area (Å²) in [5, 5.41) is 0. The largest absolute Gasteiger partial charge is 0.465 e. The second-order valence-corrected chi connectivity index (χ2v) is 7.53. The van der Waals surface area contributed by atoms with Crippen molar-refractivity contribution in [1.29, 1.82) is 0 Å². The van der Waals surface area contributed by atoms with Gasteiger partial charge in [0, 0.05) is 6.04 Å². The fourth-order valence-corrected chi connectivity index (χ4v) is 4.84. The molecule has 0 spiro atoms. The van der Waals surface area contributed by atoms with E-state index < -0.39 is 22.0 Å². The van der Waals surface area contributed by atoms with Crippen molar-refractivity contribution in [1.82, 2.24) is 4.72 Å². The molecule has 0 atom stereocenters. The third kappa shape index (κ3) is 3.09. The molecule has 1 aromatic heterocycles. The number of thiophene rings is 1. The molecule has 0 unspecified atom stereocenters. The first-order valence-electron chi connectivity index (χ1n) is 6.14. The maximum Gasteiger partial charge on any atom is 0.348 e. The average molecular weight is 333 g/mol. The summed E-state index contributed by atoms with van der Waals surface area (Å²) >= 11 is 0.713. The van der Waals surface area contributed by atoms with Gasteiger partial charge in [-0.25, -0.2) is 22.7 Å². The van der Waals surface area contributed by atoms with E-state index in [-0.39, 0.29) is 26.3 Å². The SMILES string of the molecule is COC(=O)c1sc(S(=O)(=O)NC2CC2)c(C(=O)OC)c1C. The zero-order valence-corrected chi connectivity index (χ0v) is 13.4. The third-order valence-corrected chi connectivity index (χ3v) is 6.33. The van der Waals surface area contributed by atoms with Gasteiger partial charge in [0.05, 0.1) is 19.8 Å². The van der Waals surface area contributed by atoms with Gasteiger partial charge in [-0.2, -0.15) is 0 Å². The highest BCUT2D eigenvalue weighted by Gasteiger charge is 2.35. The molecule has 1 aliphatic rings. The minimum absolute atomic E-state index is 0.0778. The number of carbonyl (C=O) groups excluding carboxylic acids is 2. The van der Waals surface area contributed by atoms with Crippen LogP contribution >= 0.6 is 11.3 Å². The van der Waals surface area contributed by atoms with Crippen molar-refractivity contribution in [2.45, 2.75) is 30.0 Å². The van der Waals surface area contributed by atoms with Crippen molar-refractivity contribution in [3.63, 3.8) is 0 Å². The molecule has 0 bridgehead atoms. The predicted molar refractivity (Wildman–Crippen MR) is 75.1 cm³/mol. The smallest absolute Gasteiger partial charge is 0.348 e. The lowest BCUT2D eigenvalue weighted by Crippen LogP contribution is -2.26. The standard InChI is InChI=1S/C12H15NO6S2/c1-6-8(10(14)18-2)12(20-9(6)11(15)19-3)21(16,17)13-7-4-5-7/h7,13H,4-5H2,1-3H3. The van der Waals surface area contributed by atoms with Crippen molar-refractivity contribution in [3.05, 3.63) is 16.0 Å². The molecule has 1 heterocycles. The van der Waals surface area contributed by atoms with E-state index in [2.05, 4.69) is 14.2 Å². The molecular formula is C12H15NO6S2. The van der Waals surface area contributed by atoms with Crippen molar-refractivity contribution in [2.24, 2.45) is 0 Å². The molecule has 0 aromatic carbocycles.